The molecule has 0 aromatic rings. The normalized spacial score (nSPS) is 9.54. The molecule has 0 aliphatic carbocycles. The number of rotatable bonds is 16. The van der Waals surface area contributed by atoms with Gasteiger partial charge in [0.25, 0.3) is 0 Å². The van der Waals surface area contributed by atoms with Gasteiger partial charge in [-0.25, -0.2) is 19.6 Å². The Bertz CT molecular complexity index is 242. The van der Waals surface area contributed by atoms with Crippen LogP contribution in [-0.2, 0) is 4.79 Å². The fourth-order valence-electron chi connectivity index (χ4n) is 2.65. The van der Waals surface area contributed by atoms with E-state index in [1.165, 1.54) is 89.5 Å². The summed E-state index contributed by atoms with van der Waals surface area (Å²) in [6.07, 6.45) is 21.7. The Labute approximate surface area is 174 Å². The van der Waals surface area contributed by atoms with Gasteiger partial charge < -0.3 is 5.11 Å². The first kappa shape index (κ1) is 28.9. The minimum absolute atomic E-state index is 0. The Morgan fingerprint density at radius 3 is 1.29 bits per heavy atom. The van der Waals surface area contributed by atoms with Gasteiger partial charge in [0.15, 0.2) is 0 Å². The zero-order valence-corrected chi connectivity index (χ0v) is 18.7. The van der Waals surface area contributed by atoms with E-state index in [0.29, 0.717) is 6.42 Å². The van der Waals surface area contributed by atoms with Crippen molar-refractivity contribution in [2.45, 2.75) is 110 Å². The molecule has 0 aliphatic heterocycles. The van der Waals surface area contributed by atoms with Gasteiger partial charge in [0.1, 0.15) is 0 Å². The predicted octanol–water partition coefficient (Wildman–Crippen LogP) is 4.34. The molecular weight excluding hydrogens is 307 g/mol. The summed E-state index contributed by atoms with van der Waals surface area (Å²) in [7, 11) is 0. The fourth-order valence-corrected chi connectivity index (χ4v) is 2.65. The first-order valence-corrected chi connectivity index (χ1v) is 9.80. The molecule has 138 valence electrons. The summed E-state index contributed by atoms with van der Waals surface area (Å²) in [4.78, 5) is 10.3. The zero-order valence-electron chi connectivity index (χ0n) is 16.7. The number of carboxylic acids is 1. The molecule has 0 fully saturated rings. The zero-order chi connectivity index (χ0) is 17.6. The monoisotopic (exact) mass is 348 g/mol. The molecule has 0 saturated heterocycles. The predicted molar refractivity (Wildman–Crippen MR) is 103 cm³/mol. The van der Waals surface area contributed by atoms with E-state index in [1.807, 2.05) is 0 Å². The molecule has 0 saturated carbocycles. The van der Waals surface area contributed by atoms with Crippen LogP contribution in [-0.4, -0.2) is 11.1 Å². The summed E-state index contributed by atoms with van der Waals surface area (Å²) in [5, 5.41) is 8.52. The molecule has 3 heteroatoms. The standard InChI is InChI=1S/C18H36O2.C3H5.Na/c1-2-3-4-5-6-7-8-9-10-11-12-13-14-15-16-17-18(19)20;1-3-2;/h2-17H2,1H3,(H,19,20);3H,1-2H2;/q;-1;+1. The van der Waals surface area contributed by atoms with Crippen LogP contribution in [0.2, 0.25) is 0 Å². The second kappa shape index (κ2) is 27.9. The van der Waals surface area contributed by atoms with Crippen LogP contribution in [0.15, 0.2) is 12.7 Å². The molecule has 0 rings (SSSR count). The topological polar surface area (TPSA) is 37.3 Å². The average molecular weight is 349 g/mol. The molecule has 0 spiro atoms. The SMILES string of the molecule is C=C[CH2-].CCCCCCCCCCCCCCCCCC(=O)O.[Na+]. The van der Waals surface area contributed by atoms with Gasteiger partial charge in [-0.1, -0.05) is 96.8 Å². The summed E-state index contributed by atoms with van der Waals surface area (Å²) in [6.45, 7) is 8.77. The van der Waals surface area contributed by atoms with Crippen molar-refractivity contribution < 1.29 is 39.5 Å². The largest absolute Gasteiger partial charge is 1.00 e. The molecule has 0 amide bonds. The van der Waals surface area contributed by atoms with Crippen molar-refractivity contribution in [3.8, 4) is 0 Å². The van der Waals surface area contributed by atoms with Crippen molar-refractivity contribution in [2.75, 3.05) is 0 Å². The van der Waals surface area contributed by atoms with Crippen molar-refractivity contribution in [1.29, 1.82) is 0 Å². The third kappa shape index (κ3) is 33.6. The van der Waals surface area contributed by atoms with Crippen molar-refractivity contribution in [3.63, 3.8) is 0 Å². The minimum Gasteiger partial charge on any atom is -0.481 e. The van der Waals surface area contributed by atoms with Crippen LogP contribution in [0.4, 0.5) is 0 Å². The second-order valence-electron chi connectivity index (χ2n) is 6.38. The average Bonchev–Trinajstić information content (AvgIpc) is 2.51. The summed E-state index contributed by atoms with van der Waals surface area (Å²) >= 11 is 0. The molecule has 0 heterocycles. The molecule has 0 bridgehead atoms. The van der Waals surface area contributed by atoms with Crippen LogP contribution >= 0.6 is 0 Å². The number of unbranched alkanes of at least 4 members (excludes halogenated alkanes) is 14. The van der Waals surface area contributed by atoms with E-state index in [4.69, 9.17) is 5.11 Å². The van der Waals surface area contributed by atoms with Crippen LogP contribution in [0.5, 0.6) is 0 Å². The number of aliphatic carboxylic acids is 1. The van der Waals surface area contributed by atoms with E-state index < -0.39 is 5.97 Å². The van der Waals surface area contributed by atoms with Crippen LogP contribution < -0.4 is 29.6 Å². The number of carboxylic acid groups (broad SMARTS) is 1. The molecule has 0 unspecified atom stereocenters. The molecule has 0 atom stereocenters. The maximum atomic E-state index is 10.3. The van der Waals surface area contributed by atoms with Gasteiger partial charge in [0.2, 0.25) is 0 Å². The molecule has 2 nitrogen and oxygen atoms in total. The van der Waals surface area contributed by atoms with Gasteiger partial charge in [0, 0.05) is 6.42 Å². The number of carbonyl (C=O) groups is 1. The third-order valence-electron chi connectivity index (χ3n) is 3.99. The third-order valence-corrected chi connectivity index (χ3v) is 3.99. The second-order valence-corrected chi connectivity index (χ2v) is 6.38. The van der Waals surface area contributed by atoms with E-state index in [1.54, 1.807) is 0 Å². The summed E-state index contributed by atoms with van der Waals surface area (Å²) < 4.78 is 0. The van der Waals surface area contributed by atoms with Crippen molar-refractivity contribution >= 4 is 5.97 Å². The Morgan fingerprint density at radius 1 is 0.792 bits per heavy atom. The Morgan fingerprint density at radius 2 is 1.04 bits per heavy atom. The van der Waals surface area contributed by atoms with Gasteiger partial charge in [-0.05, 0) is 6.42 Å². The molecule has 0 aliphatic rings. The molecule has 24 heavy (non-hydrogen) atoms. The number of hydrogen-bond donors (Lipinski definition) is 1. The van der Waals surface area contributed by atoms with E-state index in [-0.39, 0.29) is 29.6 Å². The fraction of sp³-hybridized carbons (Fsp3) is 0.810. The maximum Gasteiger partial charge on any atom is 1.00 e. The Kier molecular flexibility index (Phi) is 33.6. The van der Waals surface area contributed by atoms with E-state index in [0.717, 1.165) is 12.8 Å². The molecular formula is C21H41NaO2. The van der Waals surface area contributed by atoms with Crippen molar-refractivity contribution in [3.05, 3.63) is 19.6 Å². The first-order chi connectivity index (χ1) is 11.2. The molecule has 0 radical (unpaired) electrons. The summed E-state index contributed by atoms with van der Waals surface area (Å²) in [5.41, 5.74) is 0. The number of hydrogen-bond acceptors (Lipinski definition) is 1. The Hall–Kier alpha value is 0.0800. The van der Waals surface area contributed by atoms with Gasteiger partial charge in [-0.3, -0.25) is 4.79 Å². The van der Waals surface area contributed by atoms with Crippen LogP contribution in [0.1, 0.15) is 110 Å². The molecule has 0 aromatic carbocycles. The van der Waals surface area contributed by atoms with Gasteiger partial charge in [0.05, 0.1) is 0 Å². The summed E-state index contributed by atoms with van der Waals surface area (Å²) in [6, 6.07) is 0. The van der Waals surface area contributed by atoms with Crippen molar-refractivity contribution in [1.82, 2.24) is 0 Å². The van der Waals surface area contributed by atoms with Crippen LogP contribution in [0.25, 0.3) is 0 Å². The van der Waals surface area contributed by atoms with Gasteiger partial charge in [-0.15, -0.1) is 0 Å². The van der Waals surface area contributed by atoms with E-state index in [9.17, 15) is 4.79 Å². The van der Waals surface area contributed by atoms with Crippen LogP contribution in [0, 0.1) is 6.92 Å². The molecule has 1 N–H and O–H groups in total. The van der Waals surface area contributed by atoms with E-state index in [2.05, 4.69) is 20.4 Å². The van der Waals surface area contributed by atoms with Crippen molar-refractivity contribution in [2.24, 2.45) is 0 Å². The Balaban J connectivity index is -0.00000102. The quantitative estimate of drug-likeness (QED) is 0.256. The minimum atomic E-state index is -0.653. The maximum absolute atomic E-state index is 10.3. The van der Waals surface area contributed by atoms with Gasteiger partial charge >= 0.3 is 35.5 Å². The van der Waals surface area contributed by atoms with E-state index >= 15 is 0 Å². The smallest absolute Gasteiger partial charge is 0.481 e. The van der Waals surface area contributed by atoms with Gasteiger partial charge in [-0.2, -0.15) is 0 Å². The summed E-state index contributed by atoms with van der Waals surface area (Å²) in [5.74, 6) is -0.653. The van der Waals surface area contributed by atoms with Crippen LogP contribution in [0.3, 0.4) is 0 Å². The number of allylic oxidation sites excluding steroid dienone is 1. The first-order valence-electron chi connectivity index (χ1n) is 9.80. The molecule has 0 aromatic heterocycles.